The van der Waals surface area contributed by atoms with Crippen molar-refractivity contribution in [2.75, 3.05) is 13.2 Å². The second-order valence-electron chi connectivity index (χ2n) is 11.2. The summed E-state index contributed by atoms with van der Waals surface area (Å²) in [5.41, 5.74) is 0. The van der Waals surface area contributed by atoms with E-state index in [4.69, 9.17) is 9.47 Å². The first-order valence-corrected chi connectivity index (χ1v) is 15.2. The zero-order valence-electron chi connectivity index (χ0n) is 24.4. The number of hydrogen-bond acceptors (Lipinski definition) is 4. The maximum absolute atomic E-state index is 12.9. The number of hydrogen-bond donors (Lipinski definition) is 0. The number of unbranched alkanes of at least 4 members (excludes halogenated alkanes) is 12. The Morgan fingerprint density at radius 1 is 0.571 bits per heavy atom. The van der Waals surface area contributed by atoms with Gasteiger partial charge in [0, 0.05) is 6.42 Å². The Labute approximate surface area is 218 Å². The van der Waals surface area contributed by atoms with E-state index in [1.165, 1.54) is 57.8 Å². The Bertz CT molecular complexity index is 500. The molecule has 0 aromatic rings. The zero-order valence-corrected chi connectivity index (χ0v) is 24.4. The first kappa shape index (κ1) is 33.9. The smallest absolute Gasteiger partial charge is 0.309 e. The highest BCUT2D eigenvalue weighted by atomic mass is 16.5. The third kappa shape index (κ3) is 18.8. The summed E-state index contributed by atoms with van der Waals surface area (Å²) in [6.07, 6.45) is 18.9. The van der Waals surface area contributed by atoms with Crippen LogP contribution in [0.2, 0.25) is 0 Å². The van der Waals surface area contributed by atoms with E-state index in [1.807, 2.05) is 0 Å². The number of carbonyl (C=O) groups is 2. The molecule has 0 amide bonds. The molecular formula is C31H60O4. The second kappa shape index (κ2) is 23.3. The molecule has 0 spiro atoms. The van der Waals surface area contributed by atoms with Gasteiger partial charge in [0.15, 0.2) is 0 Å². The van der Waals surface area contributed by atoms with Crippen molar-refractivity contribution in [3.8, 4) is 0 Å². The van der Waals surface area contributed by atoms with Crippen LogP contribution < -0.4 is 0 Å². The van der Waals surface area contributed by atoms with Crippen molar-refractivity contribution in [1.29, 1.82) is 0 Å². The maximum atomic E-state index is 12.9. The van der Waals surface area contributed by atoms with Gasteiger partial charge in [-0.3, -0.25) is 9.59 Å². The quantitative estimate of drug-likeness (QED) is 0.0986. The summed E-state index contributed by atoms with van der Waals surface area (Å²) in [5.74, 6) is 1.20. The SMILES string of the molecule is CCCCCCOC(=O)CCCCCCCCCC(C(C)C)C(C(=O)OCCCCCC)C(C)C. The minimum absolute atomic E-state index is 0.00701. The summed E-state index contributed by atoms with van der Waals surface area (Å²) in [6, 6.07) is 0. The van der Waals surface area contributed by atoms with Crippen LogP contribution in [0.3, 0.4) is 0 Å². The Morgan fingerprint density at radius 3 is 1.57 bits per heavy atom. The molecule has 4 nitrogen and oxygen atoms in total. The van der Waals surface area contributed by atoms with E-state index in [2.05, 4.69) is 41.5 Å². The van der Waals surface area contributed by atoms with E-state index >= 15 is 0 Å². The molecule has 0 heterocycles. The summed E-state index contributed by atoms with van der Waals surface area (Å²) in [4.78, 5) is 24.7. The topological polar surface area (TPSA) is 52.6 Å². The van der Waals surface area contributed by atoms with Gasteiger partial charge in [-0.1, -0.05) is 119 Å². The van der Waals surface area contributed by atoms with Gasteiger partial charge in [0.2, 0.25) is 0 Å². The molecule has 0 bridgehead atoms. The van der Waals surface area contributed by atoms with Gasteiger partial charge in [0.05, 0.1) is 19.1 Å². The number of ether oxygens (including phenoxy) is 2. The van der Waals surface area contributed by atoms with Crippen molar-refractivity contribution in [3.63, 3.8) is 0 Å². The van der Waals surface area contributed by atoms with E-state index in [9.17, 15) is 9.59 Å². The molecule has 0 radical (unpaired) electrons. The third-order valence-corrected chi connectivity index (χ3v) is 7.23. The molecule has 4 heteroatoms. The molecule has 0 fully saturated rings. The molecule has 35 heavy (non-hydrogen) atoms. The van der Waals surface area contributed by atoms with Crippen molar-refractivity contribution in [2.45, 2.75) is 151 Å². The Hall–Kier alpha value is -1.06. The first-order valence-electron chi connectivity index (χ1n) is 15.2. The van der Waals surface area contributed by atoms with Gasteiger partial charge in [-0.25, -0.2) is 0 Å². The molecule has 0 aromatic heterocycles. The summed E-state index contributed by atoms with van der Waals surface area (Å²) in [7, 11) is 0. The lowest BCUT2D eigenvalue weighted by Crippen LogP contribution is -2.33. The molecule has 0 aliphatic carbocycles. The highest BCUT2D eigenvalue weighted by Gasteiger charge is 2.33. The summed E-state index contributed by atoms with van der Waals surface area (Å²) < 4.78 is 11.0. The lowest BCUT2D eigenvalue weighted by atomic mass is 9.74. The minimum Gasteiger partial charge on any atom is -0.466 e. The van der Waals surface area contributed by atoms with Crippen molar-refractivity contribution < 1.29 is 19.1 Å². The van der Waals surface area contributed by atoms with Crippen LogP contribution in [0.4, 0.5) is 0 Å². The molecule has 0 aromatic carbocycles. The summed E-state index contributed by atoms with van der Waals surface area (Å²) >= 11 is 0. The molecule has 2 atom stereocenters. The van der Waals surface area contributed by atoms with Crippen LogP contribution in [0.15, 0.2) is 0 Å². The van der Waals surface area contributed by atoms with E-state index in [-0.39, 0.29) is 17.9 Å². The van der Waals surface area contributed by atoms with Crippen molar-refractivity contribution in [1.82, 2.24) is 0 Å². The van der Waals surface area contributed by atoms with Crippen LogP contribution >= 0.6 is 0 Å². The molecule has 2 unspecified atom stereocenters. The zero-order chi connectivity index (χ0) is 26.3. The number of rotatable bonds is 24. The molecule has 0 rings (SSSR count). The molecule has 0 aliphatic rings. The van der Waals surface area contributed by atoms with Crippen molar-refractivity contribution >= 4 is 11.9 Å². The average Bonchev–Trinajstić information content (AvgIpc) is 2.81. The highest BCUT2D eigenvalue weighted by Crippen LogP contribution is 2.33. The van der Waals surface area contributed by atoms with E-state index in [0.29, 0.717) is 37.4 Å². The van der Waals surface area contributed by atoms with Gasteiger partial charge in [-0.15, -0.1) is 0 Å². The molecular weight excluding hydrogens is 436 g/mol. The fraction of sp³-hybridized carbons (Fsp3) is 0.935. The van der Waals surface area contributed by atoms with Gasteiger partial charge < -0.3 is 9.47 Å². The maximum Gasteiger partial charge on any atom is 0.309 e. The number of carbonyl (C=O) groups excluding carboxylic acids is 2. The molecule has 0 aliphatic heterocycles. The standard InChI is InChI=1S/C31H60O4/c1-7-9-11-20-24-34-29(32)23-19-17-15-13-14-16-18-22-28(26(3)4)30(27(5)6)31(33)35-25-21-12-10-8-2/h26-28,30H,7-25H2,1-6H3. The van der Waals surface area contributed by atoms with E-state index in [0.717, 1.165) is 44.9 Å². The highest BCUT2D eigenvalue weighted by molar-refractivity contribution is 5.73. The van der Waals surface area contributed by atoms with Crippen LogP contribution in [-0.4, -0.2) is 25.2 Å². The first-order chi connectivity index (χ1) is 16.8. The van der Waals surface area contributed by atoms with Gasteiger partial charge in [0.25, 0.3) is 0 Å². The third-order valence-electron chi connectivity index (χ3n) is 7.23. The minimum atomic E-state index is -0.0274. The second-order valence-corrected chi connectivity index (χ2v) is 11.2. The molecule has 0 saturated heterocycles. The predicted molar refractivity (Wildman–Crippen MR) is 148 cm³/mol. The van der Waals surface area contributed by atoms with Gasteiger partial charge >= 0.3 is 11.9 Å². The van der Waals surface area contributed by atoms with Crippen LogP contribution in [0.5, 0.6) is 0 Å². The summed E-state index contributed by atoms with van der Waals surface area (Å²) in [5, 5.41) is 0. The van der Waals surface area contributed by atoms with Crippen LogP contribution in [0, 0.1) is 23.7 Å². The fourth-order valence-electron chi connectivity index (χ4n) is 4.99. The lowest BCUT2D eigenvalue weighted by Gasteiger charge is -2.31. The largest absolute Gasteiger partial charge is 0.466 e. The molecule has 208 valence electrons. The number of esters is 2. The Morgan fingerprint density at radius 2 is 1.06 bits per heavy atom. The van der Waals surface area contributed by atoms with Gasteiger partial charge in [-0.05, 0) is 43.4 Å². The van der Waals surface area contributed by atoms with Gasteiger partial charge in [-0.2, -0.15) is 0 Å². The van der Waals surface area contributed by atoms with Crippen molar-refractivity contribution in [3.05, 3.63) is 0 Å². The fourth-order valence-corrected chi connectivity index (χ4v) is 4.99. The summed E-state index contributed by atoms with van der Waals surface area (Å²) in [6.45, 7) is 14.4. The Balaban J connectivity index is 4.04. The monoisotopic (exact) mass is 496 g/mol. The lowest BCUT2D eigenvalue weighted by molar-refractivity contribution is -0.153. The molecule has 0 N–H and O–H groups in total. The van der Waals surface area contributed by atoms with Gasteiger partial charge in [0.1, 0.15) is 0 Å². The normalized spacial score (nSPS) is 13.3. The van der Waals surface area contributed by atoms with Crippen LogP contribution in [-0.2, 0) is 19.1 Å². The molecule has 0 saturated carbocycles. The van der Waals surface area contributed by atoms with E-state index in [1.54, 1.807) is 0 Å². The average molecular weight is 497 g/mol. The van der Waals surface area contributed by atoms with Crippen molar-refractivity contribution in [2.24, 2.45) is 23.7 Å². The Kier molecular flexibility index (Phi) is 22.6. The van der Waals surface area contributed by atoms with Crippen LogP contribution in [0.25, 0.3) is 0 Å². The predicted octanol–water partition coefficient (Wildman–Crippen LogP) is 9.29. The van der Waals surface area contributed by atoms with E-state index < -0.39 is 0 Å². The van der Waals surface area contributed by atoms with Crippen LogP contribution in [0.1, 0.15) is 151 Å².